The first kappa shape index (κ1) is 15.8. The van der Waals surface area contributed by atoms with E-state index in [1.54, 1.807) is 0 Å². The first-order chi connectivity index (χ1) is 11.3. The van der Waals surface area contributed by atoms with Crippen molar-refractivity contribution in [3.05, 3.63) is 0 Å². The minimum atomic E-state index is -0.149. The molecule has 1 saturated carbocycles. The molecule has 3 atom stereocenters. The molecule has 3 aliphatic heterocycles. The summed E-state index contributed by atoms with van der Waals surface area (Å²) in [4.78, 5) is 20.4. The van der Waals surface area contributed by atoms with Crippen LogP contribution >= 0.6 is 0 Å². The average molecular weight is 322 g/mol. The number of carbonyl (C=O) groups excluding carboxylic acids is 1. The summed E-state index contributed by atoms with van der Waals surface area (Å²) >= 11 is 0. The normalized spacial score (nSPS) is 36.9. The monoisotopic (exact) mass is 322 g/mol. The van der Waals surface area contributed by atoms with Gasteiger partial charge in [-0.25, -0.2) is 0 Å². The molecule has 6 heteroatoms. The highest BCUT2D eigenvalue weighted by Crippen LogP contribution is 2.35. The molecule has 0 aromatic heterocycles. The van der Waals surface area contributed by atoms with Crippen molar-refractivity contribution in [2.45, 2.75) is 63.1 Å². The highest BCUT2D eigenvalue weighted by molar-refractivity contribution is 5.82. The highest BCUT2D eigenvalue weighted by Gasteiger charge is 2.42. The van der Waals surface area contributed by atoms with Crippen molar-refractivity contribution in [1.29, 1.82) is 0 Å². The number of likely N-dealkylation sites (tertiary alicyclic amines) is 1. The zero-order valence-corrected chi connectivity index (χ0v) is 13.9. The van der Waals surface area contributed by atoms with Gasteiger partial charge in [-0.3, -0.25) is 14.9 Å². The molecule has 6 nitrogen and oxygen atoms in total. The lowest BCUT2D eigenvalue weighted by molar-refractivity contribution is -0.142. The van der Waals surface area contributed by atoms with Crippen LogP contribution in [0.25, 0.3) is 0 Å². The van der Waals surface area contributed by atoms with E-state index >= 15 is 0 Å². The molecule has 3 unspecified atom stereocenters. The van der Waals surface area contributed by atoms with E-state index in [2.05, 4.69) is 16.1 Å². The van der Waals surface area contributed by atoms with Crippen molar-refractivity contribution in [3.63, 3.8) is 0 Å². The van der Waals surface area contributed by atoms with E-state index in [4.69, 9.17) is 4.84 Å². The Morgan fingerprint density at radius 3 is 2.61 bits per heavy atom. The third-order valence-corrected chi connectivity index (χ3v) is 6.24. The smallest absolute Gasteiger partial charge is 0.242 e. The van der Waals surface area contributed by atoms with Crippen LogP contribution in [-0.2, 0) is 9.63 Å². The van der Waals surface area contributed by atoms with E-state index in [0.717, 1.165) is 51.0 Å². The Hall–Kier alpha value is -0.690. The molecule has 1 aliphatic carbocycles. The van der Waals surface area contributed by atoms with Gasteiger partial charge in [0.2, 0.25) is 5.91 Å². The fourth-order valence-electron chi connectivity index (χ4n) is 4.68. The predicted octanol–water partition coefficient (Wildman–Crippen LogP) is 0.596. The lowest BCUT2D eigenvalue weighted by Crippen LogP contribution is -2.57. The Kier molecular flexibility index (Phi) is 4.85. The molecule has 23 heavy (non-hydrogen) atoms. The second-order valence-electron chi connectivity index (χ2n) is 7.74. The van der Waals surface area contributed by atoms with Crippen LogP contribution in [0.2, 0.25) is 0 Å². The van der Waals surface area contributed by atoms with Crippen molar-refractivity contribution in [3.8, 4) is 0 Å². The number of nitrogens with one attached hydrogen (secondary N) is 3. The van der Waals surface area contributed by atoms with Gasteiger partial charge in [0.1, 0.15) is 6.04 Å². The van der Waals surface area contributed by atoms with Crippen molar-refractivity contribution in [2.75, 3.05) is 26.3 Å². The summed E-state index contributed by atoms with van der Waals surface area (Å²) in [5.41, 5.74) is 3.00. The van der Waals surface area contributed by atoms with Gasteiger partial charge in [0.05, 0.1) is 6.10 Å². The van der Waals surface area contributed by atoms with Crippen LogP contribution in [0.15, 0.2) is 0 Å². The number of rotatable bonds is 3. The molecule has 130 valence electrons. The first-order valence-corrected chi connectivity index (χ1v) is 9.45. The van der Waals surface area contributed by atoms with Crippen LogP contribution in [0, 0.1) is 11.8 Å². The molecule has 4 fully saturated rings. The number of nitrogens with zero attached hydrogens (tertiary/aromatic N) is 1. The molecule has 3 N–H and O–H groups in total. The van der Waals surface area contributed by atoms with Crippen LogP contribution in [-0.4, -0.2) is 55.3 Å². The van der Waals surface area contributed by atoms with E-state index in [-0.39, 0.29) is 18.1 Å². The number of carbonyl (C=O) groups is 1. The van der Waals surface area contributed by atoms with E-state index in [0.29, 0.717) is 6.04 Å². The number of hydrogen-bond acceptors (Lipinski definition) is 5. The van der Waals surface area contributed by atoms with Crippen molar-refractivity contribution < 1.29 is 9.63 Å². The Morgan fingerprint density at radius 2 is 1.87 bits per heavy atom. The van der Waals surface area contributed by atoms with Crippen LogP contribution in [0.5, 0.6) is 0 Å². The van der Waals surface area contributed by atoms with Crippen LogP contribution < -0.4 is 16.1 Å². The first-order valence-electron chi connectivity index (χ1n) is 9.45. The molecule has 0 bridgehead atoms. The van der Waals surface area contributed by atoms with E-state index in [1.807, 2.05) is 4.90 Å². The maximum Gasteiger partial charge on any atom is 0.242 e. The molecule has 1 amide bonds. The second-order valence-corrected chi connectivity index (χ2v) is 7.74. The molecule has 0 spiro atoms. The fraction of sp³-hybridized carbons (Fsp3) is 0.941. The third-order valence-electron chi connectivity index (χ3n) is 6.24. The molecule has 3 saturated heterocycles. The Labute approximate surface area is 138 Å². The number of amides is 1. The van der Waals surface area contributed by atoms with E-state index in [9.17, 15) is 4.79 Å². The van der Waals surface area contributed by atoms with E-state index < -0.39 is 0 Å². The van der Waals surface area contributed by atoms with Crippen LogP contribution in [0.3, 0.4) is 0 Å². The molecule has 3 heterocycles. The minimum absolute atomic E-state index is 0.112. The van der Waals surface area contributed by atoms with E-state index in [1.165, 1.54) is 32.1 Å². The predicted molar refractivity (Wildman–Crippen MR) is 87.5 cm³/mol. The lowest BCUT2D eigenvalue weighted by atomic mass is 9.76. The lowest BCUT2D eigenvalue weighted by Gasteiger charge is -2.45. The summed E-state index contributed by atoms with van der Waals surface area (Å²) < 4.78 is 0. The van der Waals surface area contributed by atoms with Crippen molar-refractivity contribution in [1.82, 2.24) is 21.0 Å². The summed E-state index contributed by atoms with van der Waals surface area (Å²) in [5, 5.41) is 6.71. The Morgan fingerprint density at radius 1 is 1.04 bits per heavy atom. The molecule has 4 aliphatic rings. The SMILES string of the molecule is O=C(C1CC(C2CCNCN2)ON1)N1CC(C2CCCCC2)C1. The summed E-state index contributed by atoms with van der Waals surface area (Å²) in [6, 6.07) is 0.205. The largest absolute Gasteiger partial charge is 0.341 e. The summed E-state index contributed by atoms with van der Waals surface area (Å²) in [7, 11) is 0. The van der Waals surface area contributed by atoms with Gasteiger partial charge in [0, 0.05) is 32.2 Å². The van der Waals surface area contributed by atoms with Gasteiger partial charge in [-0.15, -0.1) is 0 Å². The van der Waals surface area contributed by atoms with Crippen LogP contribution in [0.4, 0.5) is 0 Å². The number of hydroxylamine groups is 1. The Balaban J connectivity index is 1.23. The average Bonchev–Trinajstić information content (AvgIpc) is 3.05. The van der Waals surface area contributed by atoms with Crippen molar-refractivity contribution in [2.24, 2.45) is 11.8 Å². The highest BCUT2D eigenvalue weighted by atomic mass is 16.7. The van der Waals surface area contributed by atoms with Gasteiger partial charge in [0.15, 0.2) is 0 Å². The van der Waals surface area contributed by atoms with Crippen LogP contribution in [0.1, 0.15) is 44.9 Å². The molecule has 0 radical (unpaired) electrons. The quantitative estimate of drug-likeness (QED) is 0.710. The standard InChI is InChI=1S/C17H30N4O2/c22-17(21-9-13(10-21)12-4-2-1-3-5-12)15-8-16(23-20-15)14-6-7-18-11-19-14/h12-16,18-20H,1-11H2. The molecule has 0 aromatic rings. The zero-order valence-electron chi connectivity index (χ0n) is 13.9. The third kappa shape index (κ3) is 3.40. The summed E-state index contributed by atoms with van der Waals surface area (Å²) in [6.07, 6.45) is 8.89. The van der Waals surface area contributed by atoms with Crippen molar-refractivity contribution >= 4 is 5.91 Å². The fourth-order valence-corrected chi connectivity index (χ4v) is 4.68. The zero-order chi connectivity index (χ0) is 15.6. The molecular formula is C17H30N4O2. The van der Waals surface area contributed by atoms with Gasteiger partial charge >= 0.3 is 0 Å². The van der Waals surface area contributed by atoms with Gasteiger partial charge in [-0.2, -0.15) is 5.48 Å². The molecule has 0 aromatic carbocycles. The number of hydrogen-bond donors (Lipinski definition) is 3. The second kappa shape index (κ2) is 7.05. The van der Waals surface area contributed by atoms with Gasteiger partial charge < -0.3 is 10.2 Å². The maximum absolute atomic E-state index is 12.6. The van der Waals surface area contributed by atoms with Gasteiger partial charge in [0.25, 0.3) is 0 Å². The van der Waals surface area contributed by atoms with Gasteiger partial charge in [-0.1, -0.05) is 32.1 Å². The topological polar surface area (TPSA) is 65.6 Å². The minimum Gasteiger partial charge on any atom is -0.341 e. The maximum atomic E-state index is 12.6. The summed E-state index contributed by atoms with van der Waals surface area (Å²) in [6.45, 7) is 3.79. The molecule has 4 rings (SSSR count). The Bertz CT molecular complexity index is 415. The van der Waals surface area contributed by atoms with Gasteiger partial charge in [-0.05, 0) is 24.8 Å². The summed E-state index contributed by atoms with van der Waals surface area (Å²) in [5.74, 6) is 1.87. The molecular weight excluding hydrogens is 292 g/mol.